The molecule has 0 radical (unpaired) electrons. The molecule has 4 aliphatic rings. The highest BCUT2D eigenvalue weighted by molar-refractivity contribution is 5.91. The lowest BCUT2D eigenvalue weighted by molar-refractivity contribution is -0.385. The van der Waals surface area contributed by atoms with Gasteiger partial charge >= 0.3 is 5.69 Å². The molecule has 2 aromatic heterocycles. The molecule has 0 spiro atoms. The Kier molecular flexibility index (Phi) is 4.03. The molecule has 1 N–H and O–H groups in total. The highest BCUT2D eigenvalue weighted by atomic mass is 16.6. The second-order valence-electron chi connectivity index (χ2n) is 9.02. The molecule has 148 valence electrons. The first kappa shape index (κ1) is 17.5. The summed E-state index contributed by atoms with van der Waals surface area (Å²) < 4.78 is 7.07. The molecule has 0 aliphatic heterocycles. The van der Waals surface area contributed by atoms with Gasteiger partial charge in [0.2, 0.25) is 0 Å². The zero-order valence-electron chi connectivity index (χ0n) is 15.7. The smallest absolute Gasteiger partial charge is 0.307 e. The van der Waals surface area contributed by atoms with E-state index in [1.807, 2.05) is 0 Å². The predicted molar refractivity (Wildman–Crippen MR) is 99.6 cm³/mol. The molecule has 6 rings (SSSR count). The van der Waals surface area contributed by atoms with Crippen LogP contribution in [-0.2, 0) is 6.54 Å². The standard InChI is InChI=1S/C20H24N4O4/c25-19(21-12-20-6-13-3-14(7-20)5-15(4-13)8-20)18-2-1-17(28-18)11-23-10-16(9-22-23)24(26)27/h1-2,9-10,13-15H,3-8,11-12H2,(H,21,25). The quantitative estimate of drug-likeness (QED) is 0.607. The molecule has 4 saturated carbocycles. The van der Waals surface area contributed by atoms with Crippen molar-refractivity contribution in [2.24, 2.45) is 23.2 Å². The molecule has 4 fully saturated rings. The highest BCUT2D eigenvalue weighted by Gasteiger charge is 2.50. The first-order chi connectivity index (χ1) is 13.5. The van der Waals surface area contributed by atoms with Gasteiger partial charge in [-0.3, -0.25) is 19.6 Å². The van der Waals surface area contributed by atoms with E-state index in [9.17, 15) is 14.9 Å². The van der Waals surface area contributed by atoms with Crippen LogP contribution in [0.15, 0.2) is 28.9 Å². The molecule has 8 nitrogen and oxygen atoms in total. The number of carbonyl (C=O) groups excluding carboxylic acids is 1. The molecule has 4 aliphatic carbocycles. The van der Waals surface area contributed by atoms with Crippen molar-refractivity contribution in [2.45, 2.75) is 45.1 Å². The number of nitrogens with zero attached hydrogens (tertiary/aromatic N) is 3. The Morgan fingerprint density at radius 3 is 2.54 bits per heavy atom. The summed E-state index contributed by atoms with van der Waals surface area (Å²) in [5.74, 6) is 3.21. The van der Waals surface area contributed by atoms with Gasteiger partial charge in [0.25, 0.3) is 5.91 Å². The maximum absolute atomic E-state index is 12.6. The summed E-state index contributed by atoms with van der Waals surface area (Å²) >= 11 is 0. The summed E-state index contributed by atoms with van der Waals surface area (Å²) in [5.41, 5.74) is 0.216. The Bertz CT molecular complexity index is 880. The minimum Gasteiger partial charge on any atom is -0.454 e. The average molecular weight is 384 g/mol. The summed E-state index contributed by atoms with van der Waals surface area (Å²) in [7, 11) is 0. The molecule has 4 bridgehead atoms. The van der Waals surface area contributed by atoms with Crippen molar-refractivity contribution in [3.8, 4) is 0 Å². The molecule has 28 heavy (non-hydrogen) atoms. The van der Waals surface area contributed by atoms with Crippen LogP contribution in [0.5, 0.6) is 0 Å². The van der Waals surface area contributed by atoms with Gasteiger partial charge in [-0.1, -0.05) is 0 Å². The van der Waals surface area contributed by atoms with Gasteiger partial charge in [0, 0.05) is 6.54 Å². The molecule has 0 saturated heterocycles. The second kappa shape index (κ2) is 6.46. The van der Waals surface area contributed by atoms with Gasteiger partial charge in [0.1, 0.15) is 18.2 Å². The summed E-state index contributed by atoms with van der Waals surface area (Å²) in [4.78, 5) is 22.8. The predicted octanol–water partition coefficient (Wildman–Crippen LogP) is 3.38. The third-order valence-corrected chi connectivity index (χ3v) is 6.82. The largest absolute Gasteiger partial charge is 0.454 e. The lowest BCUT2D eigenvalue weighted by Crippen LogP contribution is -2.51. The lowest BCUT2D eigenvalue weighted by Gasteiger charge is -2.56. The summed E-state index contributed by atoms with van der Waals surface area (Å²) in [6.07, 6.45) is 10.5. The Balaban J connectivity index is 1.20. The molecular weight excluding hydrogens is 360 g/mol. The fourth-order valence-electron chi connectivity index (χ4n) is 6.14. The van der Waals surface area contributed by atoms with E-state index in [2.05, 4.69) is 10.4 Å². The van der Waals surface area contributed by atoms with Crippen molar-refractivity contribution in [3.63, 3.8) is 0 Å². The molecule has 0 unspecified atom stereocenters. The number of nitro groups is 1. The minimum absolute atomic E-state index is 0.0694. The average Bonchev–Trinajstić information content (AvgIpc) is 3.29. The number of hydrogen-bond acceptors (Lipinski definition) is 5. The highest BCUT2D eigenvalue weighted by Crippen LogP contribution is 2.59. The zero-order valence-corrected chi connectivity index (χ0v) is 15.7. The minimum atomic E-state index is -0.491. The van der Waals surface area contributed by atoms with Crippen LogP contribution >= 0.6 is 0 Å². The van der Waals surface area contributed by atoms with Crippen molar-refractivity contribution in [1.82, 2.24) is 15.1 Å². The molecular formula is C20H24N4O4. The Labute approximate surface area is 162 Å². The second-order valence-corrected chi connectivity index (χ2v) is 9.02. The van der Waals surface area contributed by atoms with Gasteiger partial charge < -0.3 is 9.73 Å². The van der Waals surface area contributed by atoms with E-state index in [-0.39, 0.29) is 29.3 Å². The van der Waals surface area contributed by atoms with Gasteiger partial charge in [-0.15, -0.1) is 0 Å². The van der Waals surface area contributed by atoms with Crippen LogP contribution in [0.4, 0.5) is 5.69 Å². The maximum Gasteiger partial charge on any atom is 0.307 e. The zero-order chi connectivity index (χ0) is 19.3. The van der Waals surface area contributed by atoms with Crippen LogP contribution in [-0.4, -0.2) is 27.2 Å². The lowest BCUT2D eigenvalue weighted by atomic mass is 9.49. The van der Waals surface area contributed by atoms with E-state index in [0.29, 0.717) is 5.76 Å². The van der Waals surface area contributed by atoms with Gasteiger partial charge in [0.15, 0.2) is 5.76 Å². The van der Waals surface area contributed by atoms with E-state index in [0.717, 1.165) is 24.3 Å². The third-order valence-electron chi connectivity index (χ3n) is 6.82. The van der Waals surface area contributed by atoms with Crippen molar-refractivity contribution >= 4 is 11.6 Å². The van der Waals surface area contributed by atoms with Crippen molar-refractivity contribution in [3.05, 3.63) is 46.2 Å². The van der Waals surface area contributed by atoms with Crippen LogP contribution in [0, 0.1) is 33.3 Å². The van der Waals surface area contributed by atoms with Crippen LogP contribution in [0.2, 0.25) is 0 Å². The van der Waals surface area contributed by atoms with E-state index >= 15 is 0 Å². The van der Waals surface area contributed by atoms with Crippen LogP contribution in [0.1, 0.15) is 54.8 Å². The van der Waals surface area contributed by atoms with Crippen molar-refractivity contribution < 1.29 is 14.1 Å². The van der Waals surface area contributed by atoms with Crippen LogP contribution in [0.25, 0.3) is 0 Å². The Morgan fingerprint density at radius 2 is 1.93 bits per heavy atom. The fourth-order valence-corrected chi connectivity index (χ4v) is 6.14. The Morgan fingerprint density at radius 1 is 1.25 bits per heavy atom. The van der Waals surface area contributed by atoms with E-state index in [1.165, 1.54) is 55.6 Å². The number of rotatable bonds is 6. The number of aromatic nitrogens is 2. The number of carbonyl (C=O) groups is 1. The van der Waals surface area contributed by atoms with Crippen LogP contribution < -0.4 is 5.32 Å². The first-order valence-corrected chi connectivity index (χ1v) is 10.0. The van der Waals surface area contributed by atoms with Crippen molar-refractivity contribution in [2.75, 3.05) is 6.54 Å². The summed E-state index contributed by atoms with van der Waals surface area (Å²) in [6, 6.07) is 3.37. The number of furan rings is 1. The molecule has 0 atom stereocenters. The van der Waals surface area contributed by atoms with Gasteiger partial charge in [-0.05, 0) is 73.8 Å². The summed E-state index contributed by atoms with van der Waals surface area (Å²) in [5, 5.41) is 17.8. The molecule has 2 aromatic rings. The fraction of sp³-hybridized carbons (Fsp3) is 0.600. The summed E-state index contributed by atoms with van der Waals surface area (Å²) in [6.45, 7) is 0.979. The van der Waals surface area contributed by atoms with Gasteiger partial charge in [-0.2, -0.15) is 5.10 Å². The SMILES string of the molecule is O=C(NCC12CC3CC(CC(C3)C1)C2)c1ccc(Cn2cc([N+](=O)[O-])cn2)o1. The van der Waals surface area contributed by atoms with Crippen molar-refractivity contribution in [1.29, 1.82) is 0 Å². The van der Waals surface area contributed by atoms with Gasteiger partial charge in [0.05, 0.1) is 11.5 Å². The van der Waals surface area contributed by atoms with Gasteiger partial charge in [-0.25, -0.2) is 0 Å². The number of nitrogens with one attached hydrogen (secondary N) is 1. The number of hydrogen-bond donors (Lipinski definition) is 1. The monoisotopic (exact) mass is 384 g/mol. The van der Waals surface area contributed by atoms with E-state index < -0.39 is 4.92 Å². The topological polar surface area (TPSA) is 103 Å². The normalized spacial score (nSPS) is 30.5. The van der Waals surface area contributed by atoms with E-state index in [4.69, 9.17) is 4.42 Å². The molecule has 8 heteroatoms. The Hall–Kier alpha value is -2.64. The molecule has 1 amide bonds. The maximum atomic E-state index is 12.6. The number of amides is 1. The third kappa shape index (κ3) is 3.21. The molecule has 2 heterocycles. The van der Waals surface area contributed by atoms with Crippen LogP contribution in [0.3, 0.4) is 0 Å². The first-order valence-electron chi connectivity index (χ1n) is 10.0. The molecule has 0 aromatic carbocycles. The van der Waals surface area contributed by atoms with E-state index in [1.54, 1.807) is 12.1 Å².